The molecule has 0 spiro atoms. The number of aliphatic hydroxyl groups excluding tert-OH is 1. The molecule has 3 heteroatoms. The van der Waals surface area contributed by atoms with Crippen molar-refractivity contribution in [2.75, 3.05) is 6.61 Å². The molecule has 0 heterocycles. The van der Waals surface area contributed by atoms with Gasteiger partial charge in [-0.05, 0) is 19.3 Å². The second-order valence-electron chi connectivity index (χ2n) is 3.37. The fourth-order valence-corrected chi connectivity index (χ4v) is 1.13. The molecule has 2 unspecified atom stereocenters. The van der Waals surface area contributed by atoms with Gasteiger partial charge in [-0.15, -0.1) is 0 Å². The number of esters is 1. The van der Waals surface area contributed by atoms with Crippen LogP contribution in [-0.2, 0) is 9.53 Å². The van der Waals surface area contributed by atoms with Crippen molar-refractivity contribution < 1.29 is 14.6 Å². The molecule has 0 saturated carbocycles. The highest BCUT2D eigenvalue weighted by atomic mass is 16.5. The van der Waals surface area contributed by atoms with E-state index in [4.69, 9.17) is 9.84 Å². The molecule has 0 aromatic heterocycles. The Balaban J connectivity index is 3.65. The third-order valence-corrected chi connectivity index (χ3v) is 2.08. The normalized spacial score (nSPS) is 15.1. The van der Waals surface area contributed by atoms with Crippen LogP contribution in [0.25, 0.3) is 0 Å². The Labute approximate surface area is 80.1 Å². The SMILES string of the molecule is CCCC(CC)COC(=O)C(C)O. The summed E-state index contributed by atoms with van der Waals surface area (Å²) in [5.41, 5.74) is 0. The Morgan fingerprint density at radius 1 is 1.46 bits per heavy atom. The molecule has 13 heavy (non-hydrogen) atoms. The molecular formula is C10H20O3. The smallest absolute Gasteiger partial charge is 0.334 e. The van der Waals surface area contributed by atoms with Crippen LogP contribution < -0.4 is 0 Å². The van der Waals surface area contributed by atoms with E-state index in [1.165, 1.54) is 6.92 Å². The quantitative estimate of drug-likeness (QED) is 0.646. The van der Waals surface area contributed by atoms with Gasteiger partial charge < -0.3 is 9.84 Å². The van der Waals surface area contributed by atoms with E-state index in [-0.39, 0.29) is 0 Å². The minimum Gasteiger partial charge on any atom is -0.463 e. The molecule has 0 aliphatic carbocycles. The van der Waals surface area contributed by atoms with Crippen molar-refractivity contribution in [2.45, 2.75) is 46.1 Å². The van der Waals surface area contributed by atoms with Crippen molar-refractivity contribution in [3.63, 3.8) is 0 Å². The monoisotopic (exact) mass is 188 g/mol. The van der Waals surface area contributed by atoms with Crippen LogP contribution in [-0.4, -0.2) is 23.8 Å². The van der Waals surface area contributed by atoms with Gasteiger partial charge in [0.2, 0.25) is 0 Å². The molecule has 0 aliphatic heterocycles. The van der Waals surface area contributed by atoms with Crippen molar-refractivity contribution >= 4 is 5.97 Å². The minimum absolute atomic E-state index is 0.438. The van der Waals surface area contributed by atoms with E-state index in [0.717, 1.165) is 19.3 Å². The Morgan fingerprint density at radius 3 is 2.46 bits per heavy atom. The second-order valence-corrected chi connectivity index (χ2v) is 3.37. The molecule has 78 valence electrons. The maximum absolute atomic E-state index is 10.9. The first-order valence-corrected chi connectivity index (χ1v) is 4.96. The topological polar surface area (TPSA) is 46.5 Å². The van der Waals surface area contributed by atoms with Crippen LogP contribution in [0.4, 0.5) is 0 Å². The number of hydrogen-bond acceptors (Lipinski definition) is 3. The van der Waals surface area contributed by atoms with Crippen molar-refractivity contribution in [1.29, 1.82) is 0 Å². The van der Waals surface area contributed by atoms with Crippen molar-refractivity contribution in [1.82, 2.24) is 0 Å². The molecule has 0 fully saturated rings. The molecule has 0 radical (unpaired) electrons. The van der Waals surface area contributed by atoms with Gasteiger partial charge in [0, 0.05) is 0 Å². The van der Waals surface area contributed by atoms with Crippen LogP contribution in [0.3, 0.4) is 0 Å². The largest absolute Gasteiger partial charge is 0.463 e. The lowest BCUT2D eigenvalue weighted by molar-refractivity contribution is -0.154. The van der Waals surface area contributed by atoms with E-state index in [2.05, 4.69) is 13.8 Å². The van der Waals surface area contributed by atoms with Gasteiger partial charge in [0.05, 0.1) is 6.61 Å². The Kier molecular flexibility index (Phi) is 6.59. The van der Waals surface area contributed by atoms with E-state index in [0.29, 0.717) is 12.5 Å². The molecule has 3 nitrogen and oxygen atoms in total. The predicted octanol–water partition coefficient (Wildman–Crippen LogP) is 1.74. The molecular weight excluding hydrogens is 168 g/mol. The maximum Gasteiger partial charge on any atom is 0.334 e. The molecule has 0 aromatic carbocycles. The summed E-state index contributed by atoms with van der Waals surface area (Å²) in [6, 6.07) is 0. The van der Waals surface area contributed by atoms with Gasteiger partial charge in [-0.1, -0.05) is 26.7 Å². The Bertz CT molecular complexity index is 143. The summed E-state index contributed by atoms with van der Waals surface area (Å²) in [6.07, 6.45) is 2.19. The molecule has 1 N–H and O–H groups in total. The highest BCUT2D eigenvalue weighted by molar-refractivity contribution is 5.73. The lowest BCUT2D eigenvalue weighted by Crippen LogP contribution is -2.22. The van der Waals surface area contributed by atoms with E-state index in [1.807, 2.05) is 0 Å². The summed E-state index contributed by atoms with van der Waals surface area (Å²) in [7, 11) is 0. The average molecular weight is 188 g/mol. The number of carbonyl (C=O) groups is 1. The van der Waals surface area contributed by atoms with Crippen molar-refractivity contribution in [3.05, 3.63) is 0 Å². The molecule has 0 amide bonds. The molecule has 0 rings (SSSR count). The summed E-state index contributed by atoms with van der Waals surface area (Å²) in [5, 5.41) is 8.86. The highest BCUT2D eigenvalue weighted by Crippen LogP contribution is 2.11. The van der Waals surface area contributed by atoms with Gasteiger partial charge in [0.15, 0.2) is 0 Å². The zero-order valence-electron chi connectivity index (χ0n) is 8.75. The number of aliphatic hydroxyl groups is 1. The molecule has 0 aliphatic rings. The first-order valence-electron chi connectivity index (χ1n) is 4.96. The third kappa shape index (κ3) is 5.64. The first-order chi connectivity index (χ1) is 6.11. The van der Waals surface area contributed by atoms with Crippen LogP contribution in [0.5, 0.6) is 0 Å². The summed E-state index contributed by atoms with van der Waals surface area (Å²) in [5.74, 6) is -0.0812. The third-order valence-electron chi connectivity index (χ3n) is 2.08. The fourth-order valence-electron chi connectivity index (χ4n) is 1.13. The van der Waals surface area contributed by atoms with Gasteiger partial charge in [-0.2, -0.15) is 0 Å². The van der Waals surface area contributed by atoms with E-state index in [1.54, 1.807) is 0 Å². The zero-order chi connectivity index (χ0) is 10.3. The standard InChI is InChI=1S/C10H20O3/c1-4-6-9(5-2)7-13-10(12)8(3)11/h8-9,11H,4-7H2,1-3H3. The van der Waals surface area contributed by atoms with Crippen LogP contribution in [0.15, 0.2) is 0 Å². The molecule has 2 atom stereocenters. The fraction of sp³-hybridized carbons (Fsp3) is 0.900. The van der Waals surface area contributed by atoms with E-state index >= 15 is 0 Å². The van der Waals surface area contributed by atoms with Gasteiger partial charge in [0.1, 0.15) is 6.10 Å². The number of rotatable bonds is 6. The maximum atomic E-state index is 10.9. The van der Waals surface area contributed by atoms with Gasteiger partial charge >= 0.3 is 5.97 Å². The second kappa shape index (κ2) is 6.89. The number of ether oxygens (including phenoxy) is 1. The van der Waals surface area contributed by atoms with Crippen molar-refractivity contribution in [3.8, 4) is 0 Å². The Morgan fingerprint density at radius 2 is 2.08 bits per heavy atom. The number of carbonyl (C=O) groups excluding carboxylic acids is 1. The van der Waals surface area contributed by atoms with E-state index < -0.39 is 12.1 Å². The van der Waals surface area contributed by atoms with Gasteiger partial charge in [-0.3, -0.25) is 0 Å². The lowest BCUT2D eigenvalue weighted by atomic mass is 10.0. The summed E-state index contributed by atoms with van der Waals surface area (Å²) < 4.78 is 4.92. The summed E-state index contributed by atoms with van der Waals surface area (Å²) >= 11 is 0. The zero-order valence-corrected chi connectivity index (χ0v) is 8.75. The first kappa shape index (κ1) is 12.4. The van der Waals surface area contributed by atoms with Gasteiger partial charge in [-0.25, -0.2) is 4.79 Å². The van der Waals surface area contributed by atoms with Gasteiger partial charge in [0.25, 0.3) is 0 Å². The highest BCUT2D eigenvalue weighted by Gasteiger charge is 2.13. The number of hydrogen-bond donors (Lipinski definition) is 1. The molecule has 0 aromatic rings. The van der Waals surface area contributed by atoms with Crippen LogP contribution in [0.1, 0.15) is 40.0 Å². The Hall–Kier alpha value is -0.570. The summed E-state index contributed by atoms with van der Waals surface area (Å²) in [4.78, 5) is 10.9. The van der Waals surface area contributed by atoms with E-state index in [9.17, 15) is 4.79 Å². The van der Waals surface area contributed by atoms with Crippen molar-refractivity contribution in [2.24, 2.45) is 5.92 Å². The lowest BCUT2D eigenvalue weighted by Gasteiger charge is -2.14. The van der Waals surface area contributed by atoms with Crippen LogP contribution in [0, 0.1) is 5.92 Å². The molecule has 0 saturated heterocycles. The predicted molar refractivity (Wildman–Crippen MR) is 51.3 cm³/mol. The summed E-state index contributed by atoms with van der Waals surface area (Å²) in [6.45, 7) is 6.05. The average Bonchev–Trinajstić information content (AvgIpc) is 2.11. The minimum atomic E-state index is -1.00. The van der Waals surface area contributed by atoms with Crippen LogP contribution >= 0.6 is 0 Å². The molecule has 0 bridgehead atoms. The van der Waals surface area contributed by atoms with Crippen LogP contribution in [0.2, 0.25) is 0 Å².